The van der Waals surface area contributed by atoms with Gasteiger partial charge in [0, 0.05) is 23.5 Å². The fraction of sp³-hybridized carbons (Fsp3) is 0.263. The highest BCUT2D eigenvalue weighted by molar-refractivity contribution is 7.98. The normalized spacial score (nSPS) is 14.0. The summed E-state index contributed by atoms with van der Waals surface area (Å²) in [7, 11) is 0. The minimum absolute atomic E-state index is 0.138. The monoisotopic (exact) mass is 341 g/mol. The van der Waals surface area contributed by atoms with Gasteiger partial charge in [0.1, 0.15) is 6.61 Å². The number of nitrogens with zero attached hydrogens (tertiary/aromatic N) is 1. The highest BCUT2D eigenvalue weighted by Gasteiger charge is 2.21. The molecule has 5 heteroatoms. The molecule has 0 aliphatic carbocycles. The third-order valence-corrected chi connectivity index (χ3v) is 4.76. The van der Waals surface area contributed by atoms with Crippen LogP contribution in [0.15, 0.2) is 53.4 Å². The number of amides is 1. The molecule has 2 aromatic rings. The lowest BCUT2D eigenvalue weighted by Gasteiger charge is -2.15. The van der Waals surface area contributed by atoms with Crippen LogP contribution < -0.4 is 4.90 Å². The van der Waals surface area contributed by atoms with Crippen LogP contribution in [0, 0.1) is 0 Å². The molecule has 0 unspecified atom stereocenters. The number of hydrogen-bond acceptors (Lipinski definition) is 4. The molecule has 1 fully saturated rings. The second-order valence-electron chi connectivity index (χ2n) is 5.62. The number of benzene rings is 2. The molecule has 1 saturated heterocycles. The molecule has 1 aliphatic heterocycles. The zero-order valence-corrected chi connectivity index (χ0v) is 14.3. The number of ether oxygens (including phenoxy) is 1. The second-order valence-corrected chi connectivity index (χ2v) is 6.50. The van der Waals surface area contributed by atoms with Crippen LogP contribution in [0.5, 0.6) is 0 Å². The molecule has 1 heterocycles. The molecular weight excluding hydrogens is 322 g/mol. The third kappa shape index (κ3) is 3.79. The third-order valence-electron chi connectivity index (χ3n) is 4.02. The molecule has 3 rings (SSSR count). The summed E-state index contributed by atoms with van der Waals surface area (Å²) in [6.45, 7) is 0.995. The van der Waals surface area contributed by atoms with E-state index >= 15 is 0 Å². The van der Waals surface area contributed by atoms with Gasteiger partial charge in [-0.05, 0) is 54.6 Å². The molecule has 1 aliphatic rings. The number of esters is 1. The van der Waals surface area contributed by atoms with Crippen LogP contribution in [0.4, 0.5) is 5.69 Å². The topological polar surface area (TPSA) is 46.6 Å². The van der Waals surface area contributed by atoms with Gasteiger partial charge in [0.2, 0.25) is 5.91 Å². The predicted molar refractivity (Wildman–Crippen MR) is 95.4 cm³/mol. The van der Waals surface area contributed by atoms with Crippen molar-refractivity contribution in [1.29, 1.82) is 0 Å². The summed E-state index contributed by atoms with van der Waals surface area (Å²) in [4.78, 5) is 26.8. The van der Waals surface area contributed by atoms with E-state index in [1.54, 1.807) is 40.9 Å². The zero-order chi connectivity index (χ0) is 16.9. The number of anilines is 1. The maximum atomic E-state index is 12.1. The molecular formula is C19H19NO3S. The Morgan fingerprint density at radius 3 is 2.42 bits per heavy atom. The first-order valence-electron chi connectivity index (χ1n) is 7.88. The van der Waals surface area contributed by atoms with Crippen molar-refractivity contribution in [2.45, 2.75) is 24.3 Å². The average Bonchev–Trinajstić information content (AvgIpc) is 3.06. The van der Waals surface area contributed by atoms with E-state index in [2.05, 4.69) is 0 Å². The van der Waals surface area contributed by atoms with Gasteiger partial charge in [-0.15, -0.1) is 11.8 Å². The van der Waals surface area contributed by atoms with Gasteiger partial charge in [0.15, 0.2) is 0 Å². The molecule has 124 valence electrons. The number of carbonyl (C=O) groups excluding carboxylic acids is 2. The van der Waals surface area contributed by atoms with Crippen LogP contribution in [0.1, 0.15) is 28.8 Å². The molecule has 0 aromatic heterocycles. The Bertz CT molecular complexity index is 725. The van der Waals surface area contributed by atoms with Gasteiger partial charge in [-0.2, -0.15) is 0 Å². The SMILES string of the molecule is CSc1ccc(COC(=O)c2ccc(N3CCCC3=O)cc2)cc1. The van der Waals surface area contributed by atoms with Crippen molar-refractivity contribution in [2.75, 3.05) is 17.7 Å². The van der Waals surface area contributed by atoms with Crippen molar-refractivity contribution >= 4 is 29.3 Å². The first-order chi connectivity index (χ1) is 11.7. The first kappa shape index (κ1) is 16.6. The van der Waals surface area contributed by atoms with Crippen molar-refractivity contribution in [3.8, 4) is 0 Å². The fourth-order valence-electron chi connectivity index (χ4n) is 2.65. The van der Waals surface area contributed by atoms with E-state index in [4.69, 9.17) is 4.74 Å². The quantitative estimate of drug-likeness (QED) is 0.611. The first-order valence-corrected chi connectivity index (χ1v) is 9.10. The van der Waals surface area contributed by atoms with Crippen molar-refractivity contribution < 1.29 is 14.3 Å². The van der Waals surface area contributed by atoms with Crippen LogP contribution in [-0.4, -0.2) is 24.7 Å². The van der Waals surface area contributed by atoms with Gasteiger partial charge in [0.05, 0.1) is 5.56 Å². The summed E-state index contributed by atoms with van der Waals surface area (Å²) in [5, 5.41) is 0. The molecule has 0 spiro atoms. The van der Waals surface area contributed by atoms with Gasteiger partial charge >= 0.3 is 5.97 Å². The highest BCUT2D eigenvalue weighted by Crippen LogP contribution is 2.22. The van der Waals surface area contributed by atoms with Crippen molar-refractivity contribution in [1.82, 2.24) is 0 Å². The molecule has 24 heavy (non-hydrogen) atoms. The second kappa shape index (κ2) is 7.53. The number of carbonyl (C=O) groups is 2. The maximum Gasteiger partial charge on any atom is 0.338 e. The average molecular weight is 341 g/mol. The number of rotatable bonds is 5. The Morgan fingerprint density at radius 1 is 1.12 bits per heavy atom. The number of thioether (sulfide) groups is 1. The Balaban J connectivity index is 1.59. The van der Waals surface area contributed by atoms with E-state index in [-0.39, 0.29) is 18.5 Å². The molecule has 0 bridgehead atoms. The standard InChI is InChI=1S/C19H19NO3S/c1-24-17-10-4-14(5-11-17)13-23-19(22)15-6-8-16(9-7-15)20-12-2-3-18(20)21/h4-11H,2-3,12-13H2,1H3. The van der Waals surface area contributed by atoms with Crippen molar-refractivity contribution in [3.05, 3.63) is 59.7 Å². The van der Waals surface area contributed by atoms with Crippen LogP contribution in [0.2, 0.25) is 0 Å². The van der Waals surface area contributed by atoms with Crippen molar-refractivity contribution in [3.63, 3.8) is 0 Å². The van der Waals surface area contributed by atoms with E-state index < -0.39 is 0 Å². The lowest BCUT2D eigenvalue weighted by molar-refractivity contribution is -0.117. The number of hydrogen-bond donors (Lipinski definition) is 0. The van der Waals surface area contributed by atoms with E-state index in [1.807, 2.05) is 30.5 Å². The lowest BCUT2D eigenvalue weighted by atomic mass is 10.2. The van der Waals surface area contributed by atoms with E-state index in [0.717, 1.165) is 24.2 Å². The maximum absolute atomic E-state index is 12.1. The smallest absolute Gasteiger partial charge is 0.338 e. The summed E-state index contributed by atoms with van der Waals surface area (Å²) in [6.07, 6.45) is 3.51. The fourth-order valence-corrected chi connectivity index (χ4v) is 3.06. The highest BCUT2D eigenvalue weighted by atomic mass is 32.2. The van der Waals surface area contributed by atoms with Crippen molar-refractivity contribution in [2.24, 2.45) is 0 Å². The van der Waals surface area contributed by atoms with Crippen LogP contribution in [-0.2, 0) is 16.1 Å². The summed E-state index contributed by atoms with van der Waals surface area (Å²) in [5.41, 5.74) is 2.29. The van der Waals surface area contributed by atoms with Gasteiger partial charge < -0.3 is 9.64 Å². The summed E-state index contributed by atoms with van der Waals surface area (Å²) in [5.74, 6) is -0.220. The Hall–Kier alpha value is -2.27. The van der Waals surface area contributed by atoms with E-state index in [0.29, 0.717) is 12.0 Å². The Morgan fingerprint density at radius 2 is 1.83 bits per heavy atom. The van der Waals surface area contributed by atoms with Crippen LogP contribution in [0.25, 0.3) is 0 Å². The summed E-state index contributed by atoms with van der Waals surface area (Å²) in [6, 6.07) is 15.0. The molecule has 0 saturated carbocycles. The summed E-state index contributed by atoms with van der Waals surface area (Å²) < 4.78 is 5.35. The summed E-state index contributed by atoms with van der Waals surface area (Å²) >= 11 is 1.67. The Labute approximate surface area is 145 Å². The largest absolute Gasteiger partial charge is 0.457 e. The molecule has 2 aromatic carbocycles. The molecule has 4 nitrogen and oxygen atoms in total. The van der Waals surface area contributed by atoms with E-state index in [9.17, 15) is 9.59 Å². The molecule has 1 amide bonds. The van der Waals surface area contributed by atoms with Gasteiger partial charge in [-0.25, -0.2) is 4.79 Å². The van der Waals surface area contributed by atoms with E-state index in [1.165, 1.54) is 4.90 Å². The minimum atomic E-state index is -0.358. The molecule has 0 atom stereocenters. The molecule has 0 radical (unpaired) electrons. The zero-order valence-electron chi connectivity index (χ0n) is 13.5. The Kier molecular flexibility index (Phi) is 5.20. The molecule has 0 N–H and O–H groups in total. The van der Waals surface area contributed by atoms with Gasteiger partial charge in [-0.3, -0.25) is 4.79 Å². The van der Waals surface area contributed by atoms with Gasteiger partial charge in [0.25, 0.3) is 0 Å². The van der Waals surface area contributed by atoms with Crippen LogP contribution in [0.3, 0.4) is 0 Å². The lowest BCUT2D eigenvalue weighted by Crippen LogP contribution is -2.23. The van der Waals surface area contributed by atoms with Gasteiger partial charge in [-0.1, -0.05) is 12.1 Å². The predicted octanol–water partition coefficient (Wildman–Crippen LogP) is 3.89. The minimum Gasteiger partial charge on any atom is -0.457 e. The van der Waals surface area contributed by atoms with Crippen LogP contribution >= 0.6 is 11.8 Å².